The van der Waals surface area contributed by atoms with E-state index < -0.39 is 0 Å². The van der Waals surface area contributed by atoms with Crippen LogP contribution in [0.2, 0.25) is 0 Å². The Bertz CT molecular complexity index is 186. The highest BCUT2D eigenvalue weighted by atomic mass is 16.3. The van der Waals surface area contributed by atoms with E-state index >= 15 is 0 Å². The van der Waals surface area contributed by atoms with Gasteiger partial charge in [0.25, 0.3) is 0 Å². The molecular formula is C12H26N2O2. The molecule has 0 aromatic rings. The van der Waals surface area contributed by atoms with Crippen molar-refractivity contribution in [3.8, 4) is 0 Å². The lowest BCUT2D eigenvalue weighted by Crippen LogP contribution is -2.42. The number of hydrogen-bond donors (Lipinski definition) is 2. The highest BCUT2D eigenvalue weighted by molar-refractivity contribution is 5.78. The molecule has 0 fully saturated rings. The summed E-state index contributed by atoms with van der Waals surface area (Å²) in [6.07, 6.45) is 3.32. The number of hydrogen-bond acceptors (Lipinski definition) is 3. The van der Waals surface area contributed by atoms with Crippen molar-refractivity contribution in [2.45, 2.75) is 46.1 Å². The van der Waals surface area contributed by atoms with Crippen LogP contribution in [0.5, 0.6) is 0 Å². The van der Waals surface area contributed by atoms with Crippen molar-refractivity contribution in [2.24, 2.45) is 0 Å². The molecule has 0 saturated carbocycles. The van der Waals surface area contributed by atoms with Crippen LogP contribution in [0, 0.1) is 0 Å². The number of unbranched alkanes of at least 4 members (excludes halogenated alkanes) is 1. The Hall–Kier alpha value is -0.610. The third-order valence-corrected chi connectivity index (χ3v) is 2.79. The molecule has 0 aromatic heterocycles. The molecule has 0 aliphatic rings. The molecule has 0 spiro atoms. The fourth-order valence-electron chi connectivity index (χ4n) is 1.51. The van der Waals surface area contributed by atoms with E-state index in [-0.39, 0.29) is 12.5 Å². The van der Waals surface area contributed by atoms with Crippen LogP contribution in [0.3, 0.4) is 0 Å². The van der Waals surface area contributed by atoms with E-state index in [1.165, 1.54) is 0 Å². The molecule has 0 aliphatic carbocycles. The summed E-state index contributed by atoms with van der Waals surface area (Å²) in [6, 6.07) is 0.437. The molecule has 0 aromatic carbocycles. The fourth-order valence-corrected chi connectivity index (χ4v) is 1.51. The Balaban J connectivity index is 4.03. The molecule has 0 heterocycles. The lowest BCUT2D eigenvalue weighted by Gasteiger charge is -2.27. The Morgan fingerprint density at radius 1 is 1.44 bits per heavy atom. The van der Waals surface area contributed by atoms with Crippen molar-refractivity contribution in [1.29, 1.82) is 0 Å². The maximum atomic E-state index is 11.5. The first-order valence-electron chi connectivity index (χ1n) is 6.27. The fraction of sp³-hybridized carbons (Fsp3) is 0.917. The van der Waals surface area contributed by atoms with Crippen molar-refractivity contribution >= 4 is 5.91 Å². The number of nitrogens with one attached hydrogen (secondary N) is 1. The molecule has 1 amide bonds. The predicted molar refractivity (Wildman–Crippen MR) is 66.3 cm³/mol. The zero-order valence-corrected chi connectivity index (χ0v) is 10.8. The minimum Gasteiger partial charge on any atom is -0.395 e. The van der Waals surface area contributed by atoms with Crippen molar-refractivity contribution in [3.05, 3.63) is 0 Å². The van der Waals surface area contributed by atoms with Crippen LogP contribution in [-0.2, 0) is 4.79 Å². The monoisotopic (exact) mass is 230 g/mol. The maximum absolute atomic E-state index is 11.5. The van der Waals surface area contributed by atoms with E-state index in [1.54, 1.807) is 0 Å². The number of rotatable bonds is 9. The third kappa shape index (κ3) is 6.80. The molecule has 0 aliphatic heterocycles. The van der Waals surface area contributed by atoms with Gasteiger partial charge in [-0.2, -0.15) is 0 Å². The second-order valence-electron chi connectivity index (χ2n) is 4.15. The Kier molecular flexibility index (Phi) is 9.24. The smallest absolute Gasteiger partial charge is 0.234 e. The first kappa shape index (κ1) is 15.4. The third-order valence-electron chi connectivity index (χ3n) is 2.79. The average molecular weight is 230 g/mol. The van der Waals surface area contributed by atoms with Gasteiger partial charge in [-0.15, -0.1) is 0 Å². The number of carbonyl (C=O) groups is 1. The molecule has 0 rings (SSSR count). The van der Waals surface area contributed by atoms with Crippen molar-refractivity contribution in [3.63, 3.8) is 0 Å². The van der Waals surface area contributed by atoms with E-state index in [0.29, 0.717) is 19.1 Å². The van der Waals surface area contributed by atoms with Crippen LogP contribution in [0.1, 0.15) is 40.0 Å². The van der Waals surface area contributed by atoms with Gasteiger partial charge in [-0.05, 0) is 26.3 Å². The van der Waals surface area contributed by atoms with E-state index in [1.807, 2.05) is 0 Å². The van der Waals surface area contributed by atoms with Gasteiger partial charge in [0.15, 0.2) is 0 Å². The van der Waals surface area contributed by atoms with Gasteiger partial charge in [0.05, 0.1) is 13.2 Å². The Morgan fingerprint density at radius 3 is 2.62 bits per heavy atom. The Labute approximate surface area is 99.0 Å². The minimum absolute atomic E-state index is 0.00400. The molecule has 4 heteroatoms. The van der Waals surface area contributed by atoms with Crippen molar-refractivity contribution in [2.75, 3.05) is 26.2 Å². The van der Waals surface area contributed by atoms with Crippen molar-refractivity contribution < 1.29 is 9.90 Å². The van der Waals surface area contributed by atoms with Gasteiger partial charge in [0.1, 0.15) is 0 Å². The van der Waals surface area contributed by atoms with Gasteiger partial charge < -0.3 is 10.4 Å². The van der Waals surface area contributed by atoms with E-state index in [4.69, 9.17) is 5.11 Å². The number of carbonyl (C=O) groups excluding carboxylic acids is 1. The largest absolute Gasteiger partial charge is 0.395 e. The highest BCUT2D eigenvalue weighted by Crippen LogP contribution is 2.05. The van der Waals surface area contributed by atoms with Crippen LogP contribution in [0.15, 0.2) is 0 Å². The topological polar surface area (TPSA) is 52.6 Å². The summed E-state index contributed by atoms with van der Waals surface area (Å²) in [5.41, 5.74) is 0. The molecule has 0 radical (unpaired) electrons. The highest BCUT2D eigenvalue weighted by Gasteiger charge is 2.14. The zero-order chi connectivity index (χ0) is 12.4. The second kappa shape index (κ2) is 9.60. The van der Waals surface area contributed by atoms with Gasteiger partial charge in [-0.25, -0.2) is 0 Å². The quantitative estimate of drug-likeness (QED) is 0.621. The normalized spacial score (nSPS) is 12.8. The van der Waals surface area contributed by atoms with Crippen LogP contribution < -0.4 is 5.32 Å². The SMILES string of the molecule is CCCCN(CC(=O)NCCO)C(C)CC. The first-order chi connectivity index (χ1) is 7.65. The predicted octanol–water partition coefficient (Wildman–Crippen LogP) is 0.995. The molecule has 2 N–H and O–H groups in total. The molecule has 96 valence electrons. The summed E-state index contributed by atoms with van der Waals surface area (Å²) < 4.78 is 0. The number of amides is 1. The first-order valence-corrected chi connectivity index (χ1v) is 6.27. The molecule has 1 unspecified atom stereocenters. The van der Waals surface area contributed by atoms with Gasteiger partial charge >= 0.3 is 0 Å². The maximum Gasteiger partial charge on any atom is 0.234 e. The van der Waals surface area contributed by atoms with Crippen LogP contribution >= 0.6 is 0 Å². The van der Waals surface area contributed by atoms with Gasteiger partial charge in [-0.1, -0.05) is 20.3 Å². The molecule has 0 bridgehead atoms. The summed E-state index contributed by atoms with van der Waals surface area (Å²) in [5.74, 6) is 0.00505. The number of aliphatic hydroxyl groups is 1. The molecule has 16 heavy (non-hydrogen) atoms. The zero-order valence-electron chi connectivity index (χ0n) is 10.8. The molecule has 4 nitrogen and oxygen atoms in total. The van der Waals surface area contributed by atoms with Gasteiger partial charge in [-0.3, -0.25) is 9.69 Å². The van der Waals surface area contributed by atoms with Crippen molar-refractivity contribution in [1.82, 2.24) is 10.2 Å². The summed E-state index contributed by atoms with van der Waals surface area (Å²) in [4.78, 5) is 13.7. The summed E-state index contributed by atoms with van der Waals surface area (Å²) in [5, 5.41) is 11.3. The molecule has 1 atom stereocenters. The standard InChI is InChI=1S/C12H26N2O2/c1-4-6-8-14(11(3)5-2)10-12(16)13-7-9-15/h11,15H,4-10H2,1-3H3,(H,13,16). The number of nitrogens with zero attached hydrogens (tertiary/aromatic N) is 1. The molecular weight excluding hydrogens is 204 g/mol. The van der Waals surface area contributed by atoms with E-state index in [2.05, 4.69) is 31.0 Å². The van der Waals surface area contributed by atoms with Gasteiger partial charge in [0, 0.05) is 12.6 Å². The van der Waals surface area contributed by atoms with Crippen LogP contribution in [0.4, 0.5) is 0 Å². The second-order valence-corrected chi connectivity index (χ2v) is 4.15. The number of aliphatic hydroxyl groups excluding tert-OH is 1. The van der Waals surface area contributed by atoms with E-state index in [0.717, 1.165) is 25.8 Å². The van der Waals surface area contributed by atoms with Gasteiger partial charge in [0.2, 0.25) is 5.91 Å². The summed E-state index contributed by atoms with van der Waals surface area (Å²) >= 11 is 0. The average Bonchev–Trinajstić information content (AvgIpc) is 2.30. The Morgan fingerprint density at radius 2 is 2.12 bits per heavy atom. The van der Waals surface area contributed by atoms with E-state index in [9.17, 15) is 4.79 Å². The summed E-state index contributed by atoms with van der Waals surface area (Å²) in [6.45, 7) is 8.20. The lowest BCUT2D eigenvalue weighted by molar-refractivity contribution is -0.122. The minimum atomic E-state index is 0.00400. The molecule has 0 saturated heterocycles. The van der Waals surface area contributed by atoms with Crippen LogP contribution in [-0.4, -0.2) is 48.2 Å². The lowest BCUT2D eigenvalue weighted by atomic mass is 10.2. The van der Waals surface area contributed by atoms with Crippen LogP contribution in [0.25, 0.3) is 0 Å². The summed E-state index contributed by atoms with van der Waals surface area (Å²) in [7, 11) is 0.